The molecular weight excluding hydrogens is 294 g/mol. The largest absolute Gasteiger partial charge is 0.351 e. The molecule has 0 saturated carbocycles. The predicted octanol–water partition coefficient (Wildman–Crippen LogP) is 0.899. The number of rotatable bonds is 6. The van der Waals surface area contributed by atoms with Gasteiger partial charge >= 0.3 is 0 Å². The molecule has 2 heterocycles. The number of carbonyl (C=O) groups excluding carboxylic acids is 1. The number of hydrogen-bond donors (Lipinski definition) is 2. The summed E-state index contributed by atoms with van der Waals surface area (Å²) in [4.78, 5) is 15.8. The lowest BCUT2D eigenvalue weighted by Crippen LogP contribution is -2.29. The molecule has 3 rings (SSSR count). The second-order valence-electron chi connectivity index (χ2n) is 4.65. The van der Waals surface area contributed by atoms with E-state index >= 15 is 0 Å². The highest BCUT2D eigenvalue weighted by molar-refractivity contribution is 5.92. The fourth-order valence-electron chi connectivity index (χ4n) is 1.98. The Morgan fingerprint density at radius 2 is 1.87 bits per heavy atom. The molecule has 3 aromatic rings. The Balaban J connectivity index is 1.52. The molecule has 0 bridgehead atoms. The van der Waals surface area contributed by atoms with Gasteiger partial charge in [0.15, 0.2) is 0 Å². The normalized spacial score (nSPS) is 10.3. The van der Waals surface area contributed by atoms with Crippen LogP contribution in [0, 0.1) is 0 Å². The van der Waals surface area contributed by atoms with Crippen LogP contribution in [0.1, 0.15) is 10.5 Å². The molecule has 0 aliphatic heterocycles. The number of nitrogens with one attached hydrogen (secondary N) is 2. The number of anilines is 1. The fraction of sp³-hybridized carbons (Fsp3) is 0.133. The molecule has 0 unspecified atom stereocenters. The Morgan fingerprint density at radius 3 is 2.65 bits per heavy atom. The van der Waals surface area contributed by atoms with E-state index < -0.39 is 0 Å². The van der Waals surface area contributed by atoms with Crippen LogP contribution in [0.2, 0.25) is 0 Å². The van der Waals surface area contributed by atoms with Crippen molar-refractivity contribution in [2.24, 2.45) is 0 Å². The van der Waals surface area contributed by atoms with E-state index in [1.165, 1.54) is 0 Å². The minimum absolute atomic E-state index is 0.213. The highest BCUT2D eigenvalue weighted by Gasteiger charge is 2.08. The molecular formula is C15H15N7O. The van der Waals surface area contributed by atoms with Crippen LogP contribution >= 0.6 is 0 Å². The molecule has 8 nitrogen and oxygen atoms in total. The number of pyridine rings is 1. The average molecular weight is 309 g/mol. The summed E-state index contributed by atoms with van der Waals surface area (Å²) in [6, 6.07) is 14.8. The molecule has 23 heavy (non-hydrogen) atoms. The molecule has 1 aromatic carbocycles. The van der Waals surface area contributed by atoms with Crippen molar-refractivity contribution in [3.05, 3.63) is 60.4 Å². The molecule has 0 radical (unpaired) electrons. The first-order chi connectivity index (χ1) is 11.3. The van der Waals surface area contributed by atoms with Crippen LogP contribution < -0.4 is 10.6 Å². The van der Waals surface area contributed by atoms with Gasteiger partial charge in [-0.15, -0.1) is 0 Å². The average Bonchev–Trinajstić information content (AvgIpc) is 3.08. The molecule has 0 atom stereocenters. The van der Waals surface area contributed by atoms with E-state index in [-0.39, 0.29) is 5.91 Å². The Labute approximate surface area is 132 Å². The summed E-state index contributed by atoms with van der Waals surface area (Å²) in [7, 11) is 0. The maximum Gasteiger partial charge on any atom is 0.269 e. The van der Waals surface area contributed by atoms with E-state index in [2.05, 4.69) is 31.1 Å². The summed E-state index contributed by atoms with van der Waals surface area (Å²) in [5.41, 5.74) is 1.25. The third kappa shape index (κ3) is 3.67. The second-order valence-corrected chi connectivity index (χ2v) is 4.65. The summed E-state index contributed by atoms with van der Waals surface area (Å²) < 4.78 is 1.60. The predicted molar refractivity (Wildman–Crippen MR) is 84.2 cm³/mol. The first-order valence-corrected chi connectivity index (χ1v) is 7.11. The number of nitrogens with zero attached hydrogens (tertiary/aromatic N) is 5. The van der Waals surface area contributed by atoms with Gasteiger partial charge in [-0.05, 0) is 34.7 Å². The lowest BCUT2D eigenvalue weighted by Gasteiger charge is -2.08. The third-order valence-corrected chi connectivity index (χ3v) is 3.06. The van der Waals surface area contributed by atoms with E-state index in [1.54, 1.807) is 29.1 Å². The quantitative estimate of drug-likeness (QED) is 0.657. The van der Waals surface area contributed by atoms with Gasteiger partial charge in [-0.3, -0.25) is 9.78 Å². The SMILES string of the molecule is O=C(NCCNc1nnnn1-c1ccccc1)c1ccccn1. The van der Waals surface area contributed by atoms with Crippen molar-refractivity contribution in [1.29, 1.82) is 0 Å². The van der Waals surface area contributed by atoms with Crippen molar-refractivity contribution in [2.75, 3.05) is 18.4 Å². The van der Waals surface area contributed by atoms with Gasteiger partial charge in [0.25, 0.3) is 5.91 Å². The van der Waals surface area contributed by atoms with Crippen LogP contribution in [0.15, 0.2) is 54.7 Å². The molecule has 0 saturated heterocycles. The second kappa shape index (κ2) is 7.12. The molecule has 2 aromatic heterocycles. The molecule has 1 amide bonds. The van der Waals surface area contributed by atoms with Crippen molar-refractivity contribution >= 4 is 11.9 Å². The number of carbonyl (C=O) groups is 1. The summed E-state index contributed by atoms with van der Waals surface area (Å²) in [5.74, 6) is 0.304. The lowest BCUT2D eigenvalue weighted by atomic mass is 10.3. The number of tetrazole rings is 1. The van der Waals surface area contributed by atoms with Gasteiger partial charge in [0.05, 0.1) is 5.69 Å². The maximum atomic E-state index is 11.8. The molecule has 116 valence electrons. The Bertz CT molecular complexity index is 758. The zero-order valence-corrected chi connectivity index (χ0v) is 12.3. The van der Waals surface area contributed by atoms with Gasteiger partial charge in [-0.2, -0.15) is 4.68 Å². The smallest absolute Gasteiger partial charge is 0.269 e. The van der Waals surface area contributed by atoms with E-state index in [9.17, 15) is 4.79 Å². The highest BCUT2D eigenvalue weighted by Crippen LogP contribution is 2.09. The molecule has 2 N–H and O–H groups in total. The lowest BCUT2D eigenvalue weighted by molar-refractivity contribution is 0.0950. The van der Waals surface area contributed by atoms with Crippen molar-refractivity contribution < 1.29 is 4.79 Å². The van der Waals surface area contributed by atoms with Gasteiger partial charge in [0.1, 0.15) is 5.69 Å². The van der Waals surface area contributed by atoms with Crippen molar-refractivity contribution in [3.8, 4) is 5.69 Å². The van der Waals surface area contributed by atoms with E-state index in [4.69, 9.17) is 0 Å². The van der Waals surface area contributed by atoms with Crippen LogP contribution in [0.25, 0.3) is 5.69 Å². The van der Waals surface area contributed by atoms with Crippen molar-refractivity contribution in [2.45, 2.75) is 0 Å². The van der Waals surface area contributed by atoms with Crippen LogP contribution in [0.5, 0.6) is 0 Å². The number of benzene rings is 1. The highest BCUT2D eigenvalue weighted by atomic mass is 16.1. The number of aromatic nitrogens is 5. The summed E-state index contributed by atoms with van der Waals surface area (Å²) in [5, 5.41) is 17.4. The number of para-hydroxylation sites is 1. The van der Waals surface area contributed by atoms with Crippen LogP contribution in [0.3, 0.4) is 0 Å². The molecule has 0 aliphatic rings. The molecule has 0 spiro atoms. The summed E-state index contributed by atoms with van der Waals surface area (Å²) in [6.45, 7) is 0.919. The fourth-order valence-corrected chi connectivity index (χ4v) is 1.98. The number of hydrogen-bond acceptors (Lipinski definition) is 6. The molecule has 8 heteroatoms. The van der Waals surface area contributed by atoms with Gasteiger partial charge in [-0.25, -0.2) is 0 Å². The number of amides is 1. The van der Waals surface area contributed by atoms with Gasteiger partial charge < -0.3 is 10.6 Å². The Morgan fingerprint density at radius 1 is 1.04 bits per heavy atom. The van der Waals surface area contributed by atoms with Crippen LogP contribution in [-0.4, -0.2) is 44.2 Å². The Kier molecular flexibility index (Phi) is 4.53. The van der Waals surface area contributed by atoms with Crippen LogP contribution in [-0.2, 0) is 0 Å². The van der Waals surface area contributed by atoms with Gasteiger partial charge in [0.2, 0.25) is 5.95 Å². The Hall–Kier alpha value is -3.29. The zero-order valence-electron chi connectivity index (χ0n) is 12.3. The van der Waals surface area contributed by atoms with Crippen molar-refractivity contribution in [1.82, 2.24) is 30.5 Å². The van der Waals surface area contributed by atoms with E-state index in [0.29, 0.717) is 24.7 Å². The standard InChI is InChI=1S/C15H15N7O/c23-14(13-8-4-5-9-16-13)17-10-11-18-15-19-20-21-22(15)12-6-2-1-3-7-12/h1-9H,10-11H2,(H,17,23)(H,18,19,21). The maximum absolute atomic E-state index is 11.8. The first kappa shape index (κ1) is 14.6. The van der Waals surface area contributed by atoms with E-state index in [0.717, 1.165) is 5.69 Å². The monoisotopic (exact) mass is 309 g/mol. The van der Waals surface area contributed by atoms with Gasteiger partial charge in [-0.1, -0.05) is 29.4 Å². The zero-order chi connectivity index (χ0) is 15.9. The minimum Gasteiger partial charge on any atom is -0.351 e. The summed E-state index contributed by atoms with van der Waals surface area (Å²) in [6.07, 6.45) is 1.58. The minimum atomic E-state index is -0.213. The molecule has 0 fully saturated rings. The van der Waals surface area contributed by atoms with Crippen molar-refractivity contribution in [3.63, 3.8) is 0 Å². The van der Waals surface area contributed by atoms with E-state index in [1.807, 2.05) is 30.3 Å². The van der Waals surface area contributed by atoms with Crippen LogP contribution in [0.4, 0.5) is 5.95 Å². The molecule has 0 aliphatic carbocycles. The summed E-state index contributed by atoms with van der Waals surface area (Å²) >= 11 is 0. The van der Waals surface area contributed by atoms with Gasteiger partial charge in [0, 0.05) is 19.3 Å². The topological polar surface area (TPSA) is 97.6 Å². The first-order valence-electron chi connectivity index (χ1n) is 7.11. The third-order valence-electron chi connectivity index (χ3n) is 3.06.